The second kappa shape index (κ2) is 9.30. The van der Waals surface area contributed by atoms with Gasteiger partial charge in [-0.2, -0.15) is 0 Å². The van der Waals surface area contributed by atoms with Crippen LogP contribution >= 0.6 is 0 Å². The van der Waals surface area contributed by atoms with Crippen LogP contribution in [0.4, 0.5) is 5.82 Å². The number of rotatable bonds is 6. The highest BCUT2D eigenvalue weighted by molar-refractivity contribution is 5.94. The van der Waals surface area contributed by atoms with Crippen molar-refractivity contribution >= 4 is 11.8 Å². The molecule has 8 nitrogen and oxygen atoms in total. The quantitative estimate of drug-likeness (QED) is 0.565. The second-order valence-electron chi connectivity index (χ2n) is 8.01. The van der Waals surface area contributed by atoms with E-state index in [0.717, 1.165) is 5.56 Å². The first-order valence-corrected chi connectivity index (χ1v) is 10.7. The molecule has 8 heteroatoms. The molecule has 2 N–H and O–H groups in total. The van der Waals surface area contributed by atoms with Crippen molar-refractivity contribution in [1.29, 1.82) is 0 Å². The molecule has 0 amide bonds. The first kappa shape index (κ1) is 22.3. The van der Waals surface area contributed by atoms with Crippen LogP contribution in [-0.2, 0) is 9.53 Å². The molecule has 1 unspecified atom stereocenters. The molecule has 0 fully saturated rings. The van der Waals surface area contributed by atoms with Gasteiger partial charge in [0.15, 0.2) is 0 Å². The first-order chi connectivity index (χ1) is 15.9. The van der Waals surface area contributed by atoms with Gasteiger partial charge in [0.25, 0.3) is 5.56 Å². The van der Waals surface area contributed by atoms with Crippen LogP contribution in [0.5, 0.6) is 0 Å². The van der Waals surface area contributed by atoms with Crippen molar-refractivity contribution in [2.24, 2.45) is 0 Å². The average molecular weight is 447 g/mol. The Morgan fingerprint density at radius 3 is 2.27 bits per heavy atom. The van der Waals surface area contributed by atoms with Gasteiger partial charge in [-0.15, -0.1) is 0 Å². The molecule has 3 aromatic rings. The van der Waals surface area contributed by atoms with Gasteiger partial charge in [0.1, 0.15) is 5.82 Å². The van der Waals surface area contributed by atoms with Crippen LogP contribution in [0.3, 0.4) is 0 Å². The highest BCUT2D eigenvalue weighted by Crippen LogP contribution is 2.40. The average Bonchev–Trinajstić information content (AvgIpc) is 2.79. The van der Waals surface area contributed by atoms with Crippen LogP contribution in [-0.4, -0.2) is 47.7 Å². The fourth-order valence-electron chi connectivity index (χ4n) is 4.16. The smallest absolute Gasteiger partial charge is 0.336 e. The Hall–Kier alpha value is -3.91. The number of nitrogens with one attached hydrogen (secondary N) is 2. The summed E-state index contributed by atoms with van der Waals surface area (Å²) >= 11 is 0. The molecule has 1 atom stereocenters. The molecule has 0 saturated carbocycles. The lowest BCUT2D eigenvalue weighted by molar-refractivity contribution is -0.138. The first-order valence-electron chi connectivity index (χ1n) is 10.7. The van der Waals surface area contributed by atoms with Crippen LogP contribution in [0.25, 0.3) is 5.69 Å². The maximum Gasteiger partial charge on any atom is 0.336 e. The number of likely N-dealkylation sites (N-methyl/N-ethyl adjacent to an activating group) is 1. The number of carbonyl (C=O) groups excluding carboxylic acids is 1. The number of hydrogen-bond donors (Lipinski definition) is 2. The van der Waals surface area contributed by atoms with Crippen LogP contribution in [0.2, 0.25) is 0 Å². The number of esters is 1. The largest absolute Gasteiger partial charge is 0.463 e. The number of H-pyrrole nitrogens is 1. The summed E-state index contributed by atoms with van der Waals surface area (Å²) in [6.45, 7) is 2.32. The van der Waals surface area contributed by atoms with E-state index in [2.05, 4.69) is 10.3 Å². The monoisotopic (exact) mass is 446 g/mol. The van der Waals surface area contributed by atoms with E-state index < -0.39 is 23.1 Å². The third-order valence-electron chi connectivity index (χ3n) is 5.44. The summed E-state index contributed by atoms with van der Waals surface area (Å²) in [5, 5.41) is 3.25. The fourth-order valence-corrected chi connectivity index (χ4v) is 4.16. The van der Waals surface area contributed by atoms with Gasteiger partial charge < -0.3 is 15.0 Å². The normalized spacial score (nSPS) is 15.2. The van der Waals surface area contributed by atoms with Crippen molar-refractivity contribution in [2.45, 2.75) is 12.8 Å². The summed E-state index contributed by atoms with van der Waals surface area (Å²) in [7, 11) is 3.76. The number of para-hydroxylation sites is 1. The number of aromatic nitrogens is 2. The van der Waals surface area contributed by atoms with Gasteiger partial charge in [-0.3, -0.25) is 9.78 Å². The Morgan fingerprint density at radius 1 is 1.03 bits per heavy atom. The number of carbonyl (C=O) groups is 1. The molecule has 0 saturated heterocycles. The Bertz CT molecular complexity index is 1310. The minimum Gasteiger partial charge on any atom is -0.463 e. The summed E-state index contributed by atoms with van der Waals surface area (Å²) in [4.78, 5) is 43.7. The lowest BCUT2D eigenvalue weighted by Gasteiger charge is -2.32. The van der Waals surface area contributed by atoms with E-state index >= 15 is 0 Å². The van der Waals surface area contributed by atoms with Gasteiger partial charge in [-0.05, 0) is 38.7 Å². The number of aromatic amines is 1. The summed E-state index contributed by atoms with van der Waals surface area (Å²) in [5.74, 6) is -0.873. The predicted molar refractivity (Wildman–Crippen MR) is 127 cm³/mol. The molecule has 1 aliphatic heterocycles. The molecule has 1 aliphatic rings. The van der Waals surface area contributed by atoms with E-state index in [4.69, 9.17) is 4.74 Å². The molecule has 33 heavy (non-hydrogen) atoms. The van der Waals surface area contributed by atoms with Gasteiger partial charge in [-0.25, -0.2) is 14.2 Å². The molecular formula is C25H26N4O4. The molecule has 2 heterocycles. The van der Waals surface area contributed by atoms with E-state index in [-0.39, 0.29) is 12.2 Å². The summed E-state index contributed by atoms with van der Waals surface area (Å²) < 4.78 is 6.84. The number of anilines is 1. The topological polar surface area (TPSA) is 96.4 Å². The Morgan fingerprint density at radius 2 is 1.67 bits per heavy atom. The Kier molecular flexibility index (Phi) is 6.28. The molecular weight excluding hydrogens is 420 g/mol. The molecule has 1 aromatic heterocycles. The molecule has 4 rings (SSSR count). The van der Waals surface area contributed by atoms with E-state index in [1.165, 1.54) is 4.57 Å². The van der Waals surface area contributed by atoms with Gasteiger partial charge in [0, 0.05) is 12.2 Å². The van der Waals surface area contributed by atoms with Gasteiger partial charge in [-0.1, -0.05) is 48.5 Å². The van der Waals surface area contributed by atoms with Crippen molar-refractivity contribution in [3.63, 3.8) is 0 Å². The summed E-state index contributed by atoms with van der Waals surface area (Å²) in [6.07, 6.45) is 0. The maximum absolute atomic E-state index is 13.2. The zero-order valence-corrected chi connectivity index (χ0v) is 18.8. The summed E-state index contributed by atoms with van der Waals surface area (Å²) in [5.41, 5.74) is 1.46. The van der Waals surface area contributed by atoms with Crippen LogP contribution < -0.4 is 16.6 Å². The lowest BCUT2D eigenvalue weighted by Crippen LogP contribution is -2.40. The summed E-state index contributed by atoms with van der Waals surface area (Å²) in [6, 6.07) is 18.4. The van der Waals surface area contributed by atoms with E-state index in [1.807, 2.05) is 67.5 Å². The van der Waals surface area contributed by atoms with E-state index in [9.17, 15) is 14.4 Å². The number of ether oxygens (including phenoxy) is 1. The Labute approximate surface area is 191 Å². The third kappa shape index (κ3) is 4.25. The van der Waals surface area contributed by atoms with Gasteiger partial charge in [0.05, 0.1) is 29.3 Å². The minimum absolute atomic E-state index is 0.200. The number of benzene rings is 2. The second-order valence-corrected chi connectivity index (χ2v) is 8.01. The predicted octanol–water partition coefficient (Wildman–Crippen LogP) is 2.46. The zero-order chi connectivity index (χ0) is 23.5. The van der Waals surface area contributed by atoms with Gasteiger partial charge in [0.2, 0.25) is 0 Å². The molecule has 0 aliphatic carbocycles. The van der Waals surface area contributed by atoms with Gasteiger partial charge >= 0.3 is 11.7 Å². The van der Waals surface area contributed by atoms with E-state index in [0.29, 0.717) is 29.3 Å². The van der Waals surface area contributed by atoms with Crippen molar-refractivity contribution in [1.82, 2.24) is 14.5 Å². The molecule has 170 valence electrons. The van der Waals surface area contributed by atoms with Crippen LogP contribution in [0.1, 0.15) is 24.0 Å². The highest BCUT2D eigenvalue weighted by atomic mass is 16.5. The standard InChI is InChI=1S/C25H26N4O4/c1-4-33-24(31)20-18(15-28(2)3)26-22-21(19(20)16-11-7-5-8-12-16)23(30)27-25(32)29(22)17-13-9-6-10-14-17/h5-14,19,26H,4,15H2,1-3H3,(H,27,30,32). The number of hydrogen-bond acceptors (Lipinski definition) is 6. The SMILES string of the molecule is CCOC(=O)C1=C(CN(C)C)Nc2c(c(=O)[nH]c(=O)n2-c2ccccc2)C1c1ccccc1. The van der Waals surface area contributed by atoms with Crippen molar-refractivity contribution in [3.05, 3.63) is 104 Å². The number of nitrogens with zero attached hydrogens (tertiary/aromatic N) is 2. The fraction of sp³-hybridized carbons (Fsp3) is 0.240. The van der Waals surface area contributed by atoms with E-state index in [1.54, 1.807) is 19.1 Å². The molecule has 2 aromatic carbocycles. The maximum atomic E-state index is 13.2. The van der Waals surface area contributed by atoms with Crippen molar-refractivity contribution in [3.8, 4) is 5.69 Å². The molecule has 0 spiro atoms. The van der Waals surface area contributed by atoms with Crippen molar-refractivity contribution < 1.29 is 9.53 Å². The lowest BCUT2D eigenvalue weighted by atomic mass is 9.82. The highest BCUT2D eigenvalue weighted by Gasteiger charge is 2.38. The van der Waals surface area contributed by atoms with Crippen molar-refractivity contribution in [2.75, 3.05) is 32.6 Å². The Balaban J connectivity index is 2.08. The third-order valence-corrected chi connectivity index (χ3v) is 5.44. The minimum atomic E-state index is -0.712. The molecule has 0 bridgehead atoms. The van der Waals surface area contributed by atoms with Crippen LogP contribution in [0, 0.1) is 0 Å². The number of fused-ring (bicyclic) bond motifs is 1. The van der Waals surface area contributed by atoms with Crippen LogP contribution in [0.15, 0.2) is 81.5 Å². The zero-order valence-electron chi connectivity index (χ0n) is 18.8. The molecule has 0 radical (unpaired) electrons.